The van der Waals surface area contributed by atoms with Gasteiger partial charge in [0.2, 0.25) is 29.5 Å². The number of benzene rings is 2. The summed E-state index contributed by atoms with van der Waals surface area (Å²) in [6.07, 6.45) is -0.157. The van der Waals surface area contributed by atoms with E-state index >= 15 is 0 Å². The smallest absolute Gasteiger partial charge is 0.326 e. The number of carboxylic acids is 1. The highest BCUT2D eigenvalue weighted by Gasteiger charge is 2.31. The highest BCUT2D eigenvalue weighted by molar-refractivity contribution is 5.94. The molecule has 0 saturated carbocycles. The Kier molecular flexibility index (Phi) is 11.2. The predicted molar refractivity (Wildman–Crippen MR) is 153 cm³/mol. The molecule has 44 heavy (non-hydrogen) atoms. The minimum absolute atomic E-state index is 0.0836. The van der Waals surface area contributed by atoms with Crippen molar-refractivity contribution in [2.24, 2.45) is 0 Å². The number of carboxylic acid groups (broad SMARTS) is 1. The van der Waals surface area contributed by atoms with E-state index in [1.165, 1.54) is 50.5 Å². The second-order valence-corrected chi connectivity index (χ2v) is 9.93. The fraction of sp³-hybridized carbons (Fsp3) is 0.357. The first kappa shape index (κ1) is 33.3. The summed E-state index contributed by atoms with van der Waals surface area (Å²) in [5.74, 6) is -5.63. The molecule has 2 aromatic carbocycles. The third-order valence-electron chi connectivity index (χ3n) is 6.92. The Bertz CT molecular complexity index is 1440. The van der Waals surface area contributed by atoms with Crippen molar-refractivity contribution in [1.82, 2.24) is 31.5 Å². The second-order valence-electron chi connectivity index (χ2n) is 9.93. The van der Waals surface area contributed by atoms with Gasteiger partial charge in [0.05, 0.1) is 26.2 Å². The predicted octanol–water partition coefficient (Wildman–Crippen LogP) is -2.68. The lowest BCUT2D eigenvalue weighted by atomic mass is 9.94. The third-order valence-corrected chi connectivity index (χ3v) is 6.92. The first-order chi connectivity index (χ1) is 20.9. The summed E-state index contributed by atoms with van der Waals surface area (Å²) in [4.78, 5) is 76.0. The maximum Gasteiger partial charge on any atom is 0.326 e. The van der Waals surface area contributed by atoms with Gasteiger partial charge in [-0.05, 0) is 42.4 Å². The summed E-state index contributed by atoms with van der Waals surface area (Å²) in [5.41, 5.74) is 0.793. The van der Waals surface area contributed by atoms with Crippen LogP contribution in [0.3, 0.4) is 0 Å². The lowest BCUT2D eigenvalue weighted by molar-refractivity contribution is -0.142. The molecule has 0 saturated heterocycles. The molecule has 236 valence electrons. The van der Waals surface area contributed by atoms with Crippen LogP contribution < -0.4 is 26.6 Å². The number of phenolic OH excluding ortho intramolecular Hbond substituents is 2. The van der Waals surface area contributed by atoms with Gasteiger partial charge in [-0.3, -0.25) is 24.0 Å². The Morgan fingerprint density at radius 2 is 1.66 bits per heavy atom. The average Bonchev–Trinajstić information content (AvgIpc) is 2.99. The number of hydrogen-bond acceptors (Lipinski definition) is 10. The van der Waals surface area contributed by atoms with Gasteiger partial charge >= 0.3 is 5.97 Å². The van der Waals surface area contributed by atoms with Gasteiger partial charge in [-0.15, -0.1) is 0 Å². The fourth-order valence-electron chi connectivity index (χ4n) is 4.46. The van der Waals surface area contributed by atoms with Crippen molar-refractivity contribution in [2.45, 2.75) is 24.5 Å². The molecule has 0 fully saturated rings. The van der Waals surface area contributed by atoms with Crippen LogP contribution in [0.5, 0.6) is 11.5 Å². The van der Waals surface area contributed by atoms with Crippen LogP contribution in [0, 0.1) is 0 Å². The van der Waals surface area contributed by atoms with Crippen LogP contribution in [0.25, 0.3) is 11.1 Å². The summed E-state index contributed by atoms with van der Waals surface area (Å²) < 4.78 is 0. The molecule has 0 radical (unpaired) electrons. The number of amides is 5. The van der Waals surface area contributed by atoms with E-state index in [1.54, 1.807) is 0 Å². The molecule has 3 atom stereocenters. The van der Waals surface area contributed by atoms with E-state index in [2.05, 4.69) is 26.6 Å². The van der Waals surface area contributed by atoms with Crippen molar-refractivity contribution in [3.05, 3.63) is 47.5 Å². The van der Waals surface area contributed by atoms with Crippen molar-refractivity contribution in [2.75, 3.05) is 40.3 Å². The lowest BCUT2D eigenvalue weighted by Crippen LogP contribution is -2.50. The van der Waals surface area contributed by atoms with Crippen LogP contribution >= 0.6 is 0 Å². The van der Waals surface area contributed by atoms with Crippen molar-refractivity contribution in [3.63, 3.8) is 0 Å². The van der Waals surface area contributed by atoms with E-state index in [-0.39, 0.29) is 34.6 Å². The fourth-order valence-corrected chi connectivity index (χ4v) is 4.46. The molecule has 0 spiro atoms. The molecule has 0 aromatic heterocycles. The molecule has 0 aliphatic carbocycles. The highest BCUT2D eigenvalue weighted by Crippen LogP contribution is 2.38. The van der Waals surface area contributed by atoms with E-state index < -0.39 is 79.9 Å². The summed E-state index contributed by atoms with van der Waals surface area (Å²) in [6, 6.07) is 4.50. The van der Waals surface area contributed by atoms with E-state index in [0.717, 1.165) is 4.90 Å². The van der Waals surface area contributed by atoms with Crippen LogP contribution in [0.4, 0.5) is 0 Å². The molecule has 4 bridgehead atoms. The lowest BCUT2D eigenvalue weighted by Gasteiger charge is -2.28. The zero-order valence-corrected chi connectivity index (χ0v) is 23.9. The summed E-state index contributed by atoms with van der Waals surface area (Å²) >= 11 is 0. The first-order valence-electron chi connectivity index (χ1n) is 13.4. The average molecular weight is 615 g/mol. The minimum atomic E-state index is -1.41. The molecule has 16 nitrogen and oxygen atoms in total. The number of rotatable bonds is 9. The summed E-state index contributed by atoms with van der Waals surface area (Å²) in [7, 11) is 2.72. The molecule has 9 N–H and O–H groups in total. The molecule has 5 amide bonds. The van der Waals surface area contributed by atoms with Crippen molar-refractivity contribution in [3.8, 4) is 22.6 Å². The van der Waals surface area contributed by atoms with Crippen LogP contribution in [0.2, 0.25) is 0 Å². The van der Waals surface area contributed by atoms with Gasteiger partial charge < -0.3 is 51.9 Å². The molecular weight excluding hydrogens is 580 g/mol. The van der Waals surface area contributed by atoms with Gasteiger partial charge in [0.15, 0.2) is 0 Å². The maximum atomic E-state index is 13.4. The third kappa shape index (κ3) is 8.20. The number of likely N-dealkylation sites (N-methyl/N-ethyl adjacent to an activating group) is 2. The van der Waals surface area contributed by atoms with Crippen LogP contribution in [-0.2, 0) is 35.2 Å². The number of nitrogens with one attached hydrogen (secondary N) is 5. The van der Waals surface area contributed by atoms with Crippen molar-refractivity contribution in [1.29, 1.82) is 0 Å². The number of nitrogens with zero attached hydrogens (tertiary/aromatic N) is 1. The molecule has 3 rings (SSSR count). The Balaban J connectivity index is 1.90. The maximum absolute atomic E-state index is 13.4. The molecule has 1 heterocycles. The number of fused-ring (bicyclic) bond motifs is 5. The number of aromatic hydroxyl groups is 2. The molecular formula is C28H34N6O10. The molecule has 1 aliphatic rings. The topological polar surface area (TPSA) is 247 Å². The van der Waals surface area contributed by atoms with Crippen molar-refractivity contribution < 1.29 is 49.2 Å². The van der Waals surface area contributed by atoms with Crippen LogP contribution in [0.15, 0.2) is 36.4 Å². The Labute approximate surface area is 251 Å². The quantitative estimate of drug-likeness (QED) is 0.141. The van der Waals surface area contributed by atoms with E-state index in [9.17, 15) is 44.1 Å². The number of hydrogen-bond donors (Lipinski definition) is 9. The normalized spacial score (nSPS) is 17.2. The van der Waals surface area contributed by atoms with Gasteiger partial charge in [0, 0.05) is 24.6 Å². The second kappa shape index (κ2) is 14.8. The summed E-state index contributed by atoms with van der Waals surface area (Å²) in [6.45, 7) is -2.19. The van der Waals surface area contributed by atoms with Gasteiger partial charge in [-0.2, -0.15) is 0 Å². The van der Waals surface area contributed by atoms with Gasteiger partial charge in [-0.1, -0.05) is 12.1 Å². The monoisotopic (exact) mass is 614 g/mol. The minimum Gasteiger partial charge on any atom is -0.507 e. The Morgan fingerprint density at radius 1 is 1.00 bits per heavy atom. The van der Waals surface area contributed by atoms with Crippen LogP contribution in [0.1, 0.15) is 17.2 Å². The van der Waals surface area contributed by atoms with E-state index in [4.69, 9.17) is 5.11 Å². The van der Waals surface area contributed by atoms with Crippen molar-refractivity contribution >= 4 is 35.5 Å². The molecule has 16 heteroatoms. The SMILES string of the molecule is CN[C@H](CO)C(=O)NCC(=O)NCC(=O)N(C)C1C(=O)NCC(=O)N[C@H](C(=O)O)Cc2ccc(O)c(c2)-c2cc1ccc2O. The highest BCUT2D eigenvalue weighted by atomic mass is 16.4. The molecule has 1 unspecified atom stereocenters. The zero-order valence-electron chi connectivity index (χ0n) is 23.9. The summed E-state index contributed by atoms with van der Waals surface area (Å²) in [5, 5.41) is 51.9. The Morgan fingerprint density at radius 3 is 2.30 bits per heavy atom. The van der Waals surface area contributed by atoms with Gasteiger partial charge in [-0.25, -0.2) is 4.79 Å². The number of phenols is 2. The molecule has 1 aliphatic heterocycles. The number of aliphatic carboxylic acids is 1. The molecule has 2 aromatic rings. The number of aliphatic hydroxyl groups excluding tert-OH is 1. The number of aliphatic hydroxyl groups is 1. The van der Waals surface area contributed by atoms with E-state index in [1.807, 2.05) is 0 Å². The van der Waals surface area contributed by atoms with Gasteiger partial charge in [0.25, 0.3) is 0 Å². The van der Waals surface area contributed by atoms with E-state index in [0.29, 0.717) is 5.56 Å². The van der Waals surface area contributed by atoms with Gasteiger partial charge in [0.1, 0.15) is 29.6 Å². The zero-order chi connectivity index (χ0) is 32.6. The number of carbonyl (C=O) groups excluding carboxylic acids is 5. The first-order valence-corrected chi connectivity index (χ1v) is 13.4. The largest absolute Gasteiger partial charge is 0.507 e. The number of carbonyl (C=O) groups is 6. The Hall–Kier alpha value is -5.22. The van der Waals surface area contributed by atoms with Crippen LogP contribution in [-0.4, -0.2) is 113 Å². The standard InChI is InChI=1S/C28H34N6O10/c1-29-19(13-35)26(41)31-10-22(38)30-12-24(40)34(2)25-15-4-6-21(37)17(9-15)16-7-14(3-5-20(16)36)8-18(28(43)44)33-23(39)11-32-27(25)42/h3-7,9,18-19,25,29,35-37H,8,10-13H2,1-2H3,(H,30,38)(H,31,41)(H,32,42)(H,33,39)(H,43,44)/t18-,19+,25?/m0/s1.